The normalized spacial score (nSPS) is 17.6. The smallest absolute Gasteiger partial charge is 0.0729 e. The third-order valence-electron chi connectivity index (χ3n) is 17.0. The highest BCUT2D eigenvalue weighted by Gasteiger charge is 2.53. The second-order valence-electron chi connectivity index (χ2n) is 21.6. The van der Waals surface area contributed by atoms with E-state index in [4.69, 9.17) is 0 Å². The first kappa shape index (κ1) is 41.6. The fourth-order valence-electron chi connectivity index (χ4n) is 13.7. The van der Waals surface area contributed by atoms with Crippen molar-refractivity contribution in [1.82, 2.24) is 0 Å². The average molecular weight is 916 g/mol. The molecule has 0 saturated carbocycles. The Bertz CT molecular complexity index is 3740. The van der Waals surface area contributed by atoms with Crippen molar-refractivity contribution in [3.05, 3.63) is 268 Å². The van der Waals surface area contributed by atoms with Crippen molar-refractivity contribution in [3.63, 3.8) is 0 Å². The Morgan fingerprint density at radius 3 is 1.49 bits per heavy atom. The Hall–Kier alpha value is -7.39. The van der Waals surface area contributed by atoms with Crippen LogP contribution in [0.5, 0.6) is 0 Å². The van der Waals surface area contributed by atoms with Crippen LogP contribution in [0.15, 0.2) is 222 Å². The standard InChI is InChI=1S/C68H53NS/c1-65(2)53-23-11-9-20-49(53)51-37-35-45(40-60(51)65)69(46-36-38-52-50-21-10-12-24-54(50)66(3,4)61(52)41-46)44-33-30-43(31-34-44)48-22-17-28-59-64(48)70-62-29-16-15-27-57(62)68(59)56-26-14-13-25-55(56)67(5,6)63-47-19-8-7-18-42(47)32-39-58(63)68/h7-41H,1-6H3. The molecule has 0 fully saturated rings. The quantitative estimate of drug-likeness (QED) is 0.173. The van der Waals surface area contributed by atoms with Gasteiger partial charge in [0.15, 0.2) is 0 Å². The molecule has 336 valence electrons. The van der Waals surface area contributed by atoms with E-state index in [1.165, 1.54) is 110 Å². The molecule has 10 aromatic carbocycles. The van der Waals surface area contributed by atoms with Crippen LogP contribution in [0.3, 0.4) is 0 Å². The molecule has 1 nitrogen and oxygen atoms in total. The fraction of sp³-hybridized carbons (Fsp3) is 0.147. The number of rotatable bonds is 4. The molecule has 1 atom stereocenters. The van der Waals surface area contributed by atoms with Crippen LogP contribution in [-0.2, 0) is 21.7 Å². The van der Waals surface area contributed by atoms with Crippen LogP contribution in [0, 0.1) is 0 Å². The lowest BCUT2D eigenvalue weighted by molar-refractivity contribution is 0.554. The van der Waals surface area contributed by atoms with Gasteiger partial charge in [0.2, 0.25) is 0 Å². The molecule has 1 unspecified atom stereocenters. The second-order valence-corrected chi connectivity index (χ2v) is 22.6. The van der Waals surface area contributed by atoms with Crippen molar-refractivity contribution in [2.45, 2.75) is 73.0 Å². The molecule has 3 aliphatic carbocycles. The van der Waals surface area contributed by atoms with Crippen LogP contribution >= 0.6 is 11.8 Å². The maximum absolute atomic E-state index is 2.49. The van der Waals surface area contributed by atoms with Crippen LogP contribution < -0.4 is 4.90 Å². The van der Waals surface area contributed by atoms with Gasteiger partial charge in [0.1, 0.15) is 0 Å². The molecular weight excluding hydrogens is 863 g/mol. The summed E-state index contributed by atoms with van der Waals surface area (Å²) >= 11 is 1.93. The van der Waals surface area contributed by atoms with E-state index in [-0.39, 0.29) is 16.2 Å². The summed E-state index contributed by atoms with van der Waals surface area (Å²) in [5.41, 5.74) is 24.1. The highest BCUT2D eigenvalue weighted by atomic mass is 32.2. The summed E-state index contributed by atoms with van der Waals surface area (Å²) in [6, 6.07) is 81.0. The lowest BCUT2D eigenvalue weighted by Crippen LogP contribution is -2.43. The third-order valence-corrected chi connectivity index (χ3v) is 18.2. The predicted molar refractivity (Wildman–Crippen MR) is 294 cm³/mol. The largest absolute Gasteiger partial charge is 0.310 e. The van der Waals surface area contributed by atoms with Crippen LogP contribution in [0.1, 0.15) is 97.2 Å². The van der Waals surface area contributed by atoms with E-state index in [1.807, 2.05) is 11.8 Å². The minimum Gasteiger partial charge on any atom is -0.310 e. The number of nitrogens with zero attached hydrogens (tertiary/aromatic N) is 1. The monoisotopic (exact) mass is 915 g/mol. The van der Waals surface area contributed by atoms with Gasteiger partial charge in [-0.2, -0.15) is 0 Å². The van der Waals surface area contributed by atoms with E-state index in [0.717, 1.165) is 17.1 Å². The van der Waals surface area contributed by atoms with Gasteiger partial charge in [-0.15, -0.1) is 0 Å². The van der Waals surface area contributed by atoms with Gasteiger partial charge >= 0.3 is 0 Å². The summed E-state index contributed by atoms with van der Waals surface area (Å²) in [5.74, 6) is 0. The summed E-state index contributed by atoms with van der Waals surface area (Å²) in [6.07, 6.45) is 0. The molecule has 0 amide bonds. The highest BCUT2D eigenvalue weighted by molar-refractivity contribution is 7.99. The number of anilines is 3. The molecule has 0 bridgehead atoms. The first-order valence-corrected chi connectivity index (χ1v) is 25.7. The van der Waals surface area contributed by atoms with E-state index in [9.17, 15) is 0 Å². The maximum Gasteiger partial charge on any atom is 0.0729 e. The number of hydrogen-bond acceptors (Lipinski definition) is 2. The number of hydrogen-bond donors (Lipinski definition) is 0. The zero-order valence-corrected chi connectivity index (χ0v) is 41.4. The molecule has 0 radical (unpaired) electrons. The average Bonchev–Trinajstić information content (AvgIpc) is 3.76. The predicted octanol–water partition coefficient (Wildman–Crippen LogP) is 18.1. The van der Waals surface area contributed by atoms with Gasteiger partial charge in [-0.25, -0.2) is 0 Å². The molecule has 14 rings (SSSR count). The first-order chi connectivity index (χ1) is 34.0. The minimum absolute atomic E-state index is 0.124. The Kier molecular flexibility index (Phi) is 8.66. The van der Waals surface area contributed by atoms with E-state index >= 15 is 0 Å². The van der Waals surface area contributed by atoms with E-state index in [2.05, 4.69) is 259 Å². The lowest BCUT2D eigenvalue weighted by atomic mass is 9.53. The molecule has 1 heterocycles. The molecule has 1 spiro atoms. The van der Waals surface area contributed by atoms with E-state index in [0.29, 0.717) is 0 Å². The van der Waals surface area contributed by atoms with Crippen LogP contribution in [-0.4, -0.2) is 0 Å². The van der Waals surface area contributed by atoms with Crippen molar-refractivity contribution in [3.8, 4) is 33.4 Å². The molecule has 70 heavy (non-hydrogen) atoms. The molecule has 4 aliphatic rings. The van der Waals surface area contributed by atoms with Crippen molar-refractivity contribution in [1.29, 1.82) is 0 Å². The molecule has 10 aromatic rings. The Morgan fingerprint density at radius 2 is 0.829 bits per heavy atom. The summed E-state index contributed by atoms with van der Waals surface area (Å²) in [7, 11) is 0. The van der Waals surface area contributed by atoms with Crippen molar-refractivity contribution >= 4 is 39.6 Å². The Morgan fingerprint density at radius 1 is 0.329 bits per heavy atom. The lowest BCUT2D eigenvalue weighted by Gasteiger charge is -2.51. The Labute approximate surface area is 416 Å². The Balaban J connectivity index is 0.953. The minimum atomic E-state index is -0.516. The molecular formula is C68H53NS. The van der Waals surface area contributed by atoms with E-state index < -0.39 is 5.41 Å². The summed E-state index contributed by atoms with van der Waals surface area (Å²) in [5, 5.41) is 2.62. The van der Waals surface area contributed by atoms with Gasteiger partial charge in [0.25, 0.3) is 0 Å². The second kappa shape index (κ2) is 14.6. The van der Waals surface area contributed by atoms with E-state index in [1.54, 1.807) is 0 Å². The summed E-state index contributed by atoms with van der Waals surface area (Å²) in [4.78, 5) is 5.12. The molecule has 0 saturated heterocycles. The van der Waals surface area contributed by atoms with Gasteiger partial charge in [0, 0.05) is 43.1 Å². The third kappa shape index (κ3) is 5.46. The topological polar surface area (TPSA) is 3.24 Å². The van der Waals surface area contributed by atoms with Gasteiger partial charge in [-0.05, 0) is 142 Å². The molecule has 1 aliphatic heterocycles. The number of benzene rings is 10. The molecule has 2 heteroatoms. The SMILES string of the molecule is CC1(C)c2ccccc2-c2ccc(N(c3ccc(-c4cccc5c4Sc4ccccc4C54c5ccccc5C(C)(C)c5c4ccc4ccccc54)cc3)c3ccc4c(c3)C(C)(C)c3ccccc3-4)cc21. The van der Waals surface area contributed by atoms with Gasteiger partial charge < -0.3 is 4.90 Å². The maximum atomic E-state index is 2.49. The zero-order chi connectivity index (χ0) is 47.3. The van der Waals surface area contributed by atoms with Crippen molar-refractivity contribution < 1.29 is 0 Å². The highest BCUT2D eigenvalue weighted by Crippen LogP contribution is 2.64. The first-order valence-electron chi connectivity index (χ1n) is 24.9. The number of fused-ring (bicyclic) bond motifs is 16. The molecule has 0 N–H and O–H groups in total. The van der Waals surface area contributed by atoms with Gasteiger partial charge in [0.05, 0.1) is 5.41 Å². The van der Waals surface area contributed by atoms with Gasteiger partial charge in [-0.1, -0.05) is 223 Å². The zero-order valence-electron chi connectivity index (χ0n) is 40.6. The summed E-state index contributed by atoms with van der Waals surface area (Å²) in [6.45, 7) is 14.4. The van der Waals surface area contributed by atoms with Crippen LogP contribution in [0.4, 0.5) is 17.1 Å². The van der Waals surface area contributed by atoms with Gasteiger partial charge in [-0.3, -0.25) is 0 Å². The van der Waals surface area contributed by atoms with Crippen LogP contribution in [0.2, 0.25) is 0 Å². The van der Waals surface area contributed by atoms with Crippen LogP contribution in [0.25, 0.3) is 44.2 Å². The summed E-state index contributed by atoms with van der Waals surface area (Å²) < 4.78 is 0. The molecule has 0 aromatic heterocycles. The van der Waals surface area contributed by atoms with Crippen molar-refractivity contribution in [2.75, 3.05) is 4.90 Å². The van der Waals surface area contributed by atoms with Crippen molar-refractivity contribution in [2.24, 2.45) is 0 Å². The fourth-order valence-corrected chi connectivity index (χ4v) is 15.0.